The SMILES string of the molecule is C[C@H]1CN(C(=O)Cn2ccn3c(=O)c(O)c(-c4ncc(Cc5ccc(F)cc5S(=O)(=O)N(C)Cl)s4)nc23)C[C@H](N)O1. The van der Waals surface area contributed by atoms with E-state index in [2.05, 4.69) is 9.97 Å². The number of halogens is 2. The zero-order valence-corrected chi connectivity index (χ0v) is 24.2. The number of hydrogen-bond donors (Lipinski definition) is 2. The van der Waals surface area contributed by atoms with E-state index in [0.29, 0.717) is 15.2 Å². The molecular formula is C24H25ClFN7O6S2. The van der Waals surface area contributed by atoms with Crippen molar-refractivity contribution >= 4 is 44.8 Å². The van der Waals surface area contributed by atoms with Crippen LogP contribution in [0.4, 0.5) is 4.39 Å². The molecule has 13 nitrogen and oxygen atoms in total. The molecule has 3 aromatic heterocycles. The predicted molar refractivity (Wildman–Crippen MR) is 147 cm³/mol. The molecule has 1 aliphatic rings. The Morgan fingerprint density at radius 3 is 2.80 bits per heavy atom. The molecule has 5 rings (SSSR count). The number of imidazole rings is 1. The van der Waals surface area contributed by atoms with E-state index in [1.54, 1.807) is 4.90 Å². The minimum absolute atomic E-state index is 0.0458. The minimum Gasteiger partial charge on any atom is -0.501 e. The van der Waals surface area contributed by atoms with E-state index in [1.807, 2.05) is 6.92 Å². The monoisotopic (exact) mass is 625 g/mol. The standard InChI is InChI=1S/C24H25ClFN7O6S2/c1-13-10-32(11-18(27)39-13)19(34)12-31-5-6-33-23(36)21(35)20(29-24(31)33)22-28-9-16(40-22)7-14-3-4-15(26)8-17(14)41(37,38)30(2)25/h3-6,8-9,13,18,35H,7,10-12,27H2,1-2H3/t13-,18+/m0/s1. The summed E-state index contributed by atoms with van der Waals surface area (Å²) >= 11 is 6.76. The molecule has 1 aliphatic heterocycles. The number of sulfonamides is 1. The van der Waals surface area contributed by atoms with Gasteiger partial charge in [0, 0.05) is 43.5 Å². The summed E-state index contributed by atoms with van der Waals surface area (Å²) in [6, 6.07) is 3.35. The van der Waals surface area contributed by atoms with Crippen LogP contribution in [-0.2, 0) is 32.5 Å². The van der Waals surface area contributed by atoms with Gasteiger partial charge in [-0.15, -0.1) is 15.2 Å². The van der Waals surface area contributed by atoms with Gasteiger partial charge >= 0.3 is 5.56 Å². The summed E-state index contributed by atoms with van der Waals surface area (Å²) in [6.45, 7) is 2.27. The molecule has 2 atom stereocenters. The first-order valence-electron chi connectivity index (χ1n) is 12.2. The van der Waals surface area contributed by atoms with Crippen molar-refractivity contribution in [1.82, 2.24) is 27.7 Å². The number of ether oxygens (including phenoxy) is 1. The number of nitrogens with zero attached hydrogens (tertiary/aromatic N) is 6. The number of aromatic nitrogens is 4. The number of morpholine rings is 1. The molecule has 218 valence electrons. The Kier molecular flexibility index (Phi) is 7.88. The maximum atomic E-state index is 13.9. The molecule has 3 N–H and O–H groups in total. The lowest BCUT2D eigenvalue weighted by Crippen LogP contribution is -2.53. The first kappa shape index (κ1) is 29.1. The summed E-state index contributed by atoms with van der Waals surface area (Å²) in [5.41, 5.74) is 5.28. The molecular weight excluding hydrogens is 601 g/mol. The van der Waals surface area contributed by atoms with Crippen LogP contribution in [0.25, 0.3) is 16.5 Å². The van der Waals surface area contributed by atoms with Gasteiger partial charge in [-0.25, -0.2) is 27.2 Å². The average molecular weight is 626 g/mol. The Labute approximate surface area is 242 Å². The largest absolute Gasteiger partial charge is 0.501 e. The molecule has 0 saturated carbocycles. The molecule has 0 aliphatic carbocycles. The van der Waals surface area contributed by atoms with Crippen molar-refractivity contribution in [3.63, 3.8) is 0 Å². The second-order valence-corrected chi connectivity index (χ2v) is 13.2. The third-order valence-corrected chi connectivity index (χ3v) is 9.58. The van der Waals surface area contributed by atoms with Gasteiger partial charge < -0.3 is 25.0 Å². The smallest absolute Gasteiger partial charge is 0.302 e. The molecule has 1 fully saturated rings. The second kappa shape index (κ2) is 11.1. The van der Waals surface area contributed by atoms with Crippen LogP contribution >= 0.6 is 23.1 Å². The fourth-order valence-electron chi connectivity index (χ4n) is 4.51. The lowest BCUT2D eigenvalue weighted by Gasteiger charge is -2.35. The molecule has 0 unspecified atom stereocenters. The van der Waals surface area contributed by atoms with E-state index in [0.717, 1.165) is 34.9 Å². The fraction of sp³-hybridized carbons (Fsp3) is 0.333. The number of amides is 1. The van der Waals surface area contributed by atoms with E-state index < -0.39 is 33.4 Å². The van der Waals surface area contributed by atoms with Gasteiger partial charge in [0.25, 0.3) is 10.0 Å². The molecule has 17 heteroatoms. The fourth-order valence-corrected chi connectivity index (χ4v) is 6.66. The number of benzene rings is 1. The summed E-state index contributed by atoms with van der Waals surface area (Å²) in [6.07, 6.45) is 3.56. The van der Waals surface area contributed by atoms with Crippen molar-refractivity contribution in [3.05, 3.63) is 63.4 Å². The minimum atomic E-state index is -4.16. The Morgan fingerprint density at radius 1 is 1.34 bits per heavy atom. The van der Waals surface area contributed by atoms with Gasteiger partial charge in [-0.1, -0.05) is 6.07 Å². The van der Waals surface area contributed by atoms with E-state index in [1.165, 1.54) is 29.2 Å². The summed E-state index contributed by atoms with van der Waals surface area (Å²) < 4.78 is 47.7. The van der Waals surface area contributed by atoms with Gasteiger partial charge in [-0.3, -0.25) is 9.59 Å². The number of thiazole rings is 1. The van der Waals surface area contributed by atoms with Crippen molar-refractivity contribution < 1.29 is 27.4 Å². The van der Waals surface area contributed by atoms with Crippen molar-refractivity contribution in [1.29, 1.82) is 0 Å². The summed E-state index contributed by atoms with van der Waals surface area (Å²) in [5.74, 6) is -1.53. The van der Waals surface area contributed by atoms with Crippen LogP contribution in [0.1, 0.15) is 17.4 Å². The number of rotatable bonds is 7. The van der Waals surface area contributed by atoms with E-state index >= 15 is 0 Å². The van der Waals surface area contributed by atoms with Crippen LogP contribution in [0, 0.1) is 5.82 Å². The molecule has 4 aromatic rings. The third-order valence-electron chi connectivity index (χ3n) is 6.43. The highest BCUT2D eigenvalue weighted by molar-refractivity contribution is 7.90. The first-order chi connectivity index (χ1) is 19.3. The number of hydrogen-bond acceptors (Lipinski definition) is 10. The number of fused-ring (bicyclic) bond motifs is 1. The van der Waals surface area contributed by atoms with Crippen LogP contribution in [0.15, 0.2) is 46.5 Å². The summed E-state index contributed by atoms with van der Waals surface area (Å²) in [4.78, 5) is 36.5. The molecule has 0 radical (unpaired) electrons. The number of nitrogens with two attached hydrogens (primary N) is 1. The van der Waals surface area contributed by atoms with Crippen molar-refractivity contribution in [2.24, 2.45) is 5.73 Å². The van der Waals surface area contributed by atoms with Crippen LogP contribution in [0.3, 0.4) is 0 Å². The van der Waals surface area contributed by atoms with Gasteiger partial charge in [0.1, 0.15) is 23.6 Å². The summed E-state index contributed by atoms with van der Waals surface area (Å²) in [5, 5.41) is 10.8. The lowest BCUT2D eigenvalue weighted by atomic mass is 10.1. The first-order valence-corrected chi connectivity index (χ1v) is 14.8. The zero-order chi connectivity index (χ0) is 29.6. The van der Waals surface area contributed by atoms with Gasteiger partial charge in [0.15, 0.2) is 5.69 Å². The lowest BCUT2D eigenvalue weighted by molar-refractivity contribution is -0.144. The van der Waals surface area contributed by atoms with Crippen molar-refractivity contribution in [2.75, 3.05) is 20.1 Å². The Morgan fingerprint density at radius 2 is 2.10 bits per heavy atom. The van der Waals surface area contributed by atoms with Gasteiger partial charge in [0.2, 0.25) is 17.4 Å². The quantitative estimate of drug-likeness (QED) is 0.288. The molecule has 0 spiro atoms. The maximum absolute atomic E-state index is 13.9. The van der Waals surface area contributed by atoms with E-state index in [-0.39, 0.29) is 58.5 Å². The Bertz CT molecular complexity index is 1800. The predicted octanol–water partition coefficient (Wildman–Crippen LogP) is 1.36. The highest BCUT2D eigenvalue weighted by atomic mass is 35.5. The molecule has 1 aromatic carbocycles. The molecule has 41 heavy (non-hydrogen) atoms. The number of aromatic hydroxyl groups is 1. The van der Waals surface area contributed by atoms with Crippen molar-refractivity contribution in [3.8, 4) is 16.5 Å². The molecule has 4 heterocycles. The van der Waals surface area contributed by atoms with Crippen LogP contribution < -0.4 is 11.3 Å². The second-order valence-electron chi connectivity index (χ2n) is 9.45. The van der Waals surface area contributed by atoms with E-state index in [4.69, 9.17) is 22.2 Å². The highest BCUT2D eigenvalue weighted by Gasteiger charge is 2.28. The zero-order valence-electron chi connectivity index (χ0n) is 21.8. The Hall–Kier alpha value is -3.41. The maximum Gasteiger partial charge on any atom is 0.302 e. The highest BCUT2D eigenvalue weighted by Crippen LogP contribution is 2.32. The van der Waals surface area contributed by atoms with Crippen LogP contribution in [-0.4, -0.2) is 79.6 Å². The molecule has 1 amide bonds. The topological polar surface area (TPSA) is 165 Å². The normalized spacial score (nSPS) is 18.0. The Balaban J connectivity index is 1.46. The molecule has 1 saturated heterocycles. The van der Waals surface area contributed by atoms with Gasteiger partial charge in [-0.2, -0.15) is 0 Å². The number of carbonyl (C=O) groups excluding carboxylic acids is 1. The molecule has 0 bridgehead atoms. The third kappa shape index (κ3) is 5.71. The van der Waals surface area contributed by atoms with Crippen molar-refractivity contribution in [2.45, 2.75) is 37.1 Å². The van der Waals surface area contributed by atoms with Crippen LogP contribution in [0.5, 0.6) is 5.75 Å². The van der Waals surface area contributed by atoms with Crippen LogP contribution in [0.2, 0.25) is 0 Å². The van der Waals surface area contributed by atoms with E-state index in [9.17, 15) is 27.5 Å². The van der Waals surface area contributed by atoms with Gasteiger partial charge in [-0.05, 0) is 36.4 Å². The van der Waals surface area contributed by atoms with Gasteiger partial charge in [0.05, 0.1) is 17.5 Å². The summed E-state index contributed by atoms with van der Waals surface area (Å²) in [7, 11) is -3.03. The number of carbonyl (C=O) groups is 1. The average Bonchev–Trinajstić information content (AvgIpc) is 3.53.